The van der Waals surface area contributed by atoms with E-state index < -0.39 is 0 Å². The van der Waals surface area contributed by atoms with Gasteiger partial charge in [0.2, 0.25) is 0 Å². The van der Waals surface area contributed by atoms with Crippen LogP contribution in [-0.4, -0.2) is 13.1 Å². The molecule has 2 aromatic rings. The third-order valence-electron chi connectivity index (χ3n) is 2.65. The second-order valence-electron chi connectivity index (χ2n) is 3.77. The number of hydrogen-bond acceptors (Lipinski definition) is 2. The molecule has 0 aliphatic heterocycles. The Labute approximate surface area is 88.1 Å². The number of likely N-dealkylation sites (N-methyl/N-ethyl adjacent to an activating group) is 1. The van der Waals surface area contributed by atoms with E-state index in [0.29, 0.717) is 11.6 Å². The predicted octanol–water partition coefficient (Wildman–Crippen LogP) is 2.72. The van der Waals surface area contributed by atoms with E-state index in [2.05, 4.69) is 12.2 Å². The van der Waals surface area contributed by atoms with Gasteiger partial charge in [-0.25, -0.2) is 4.39 Å². The fraction of sp³-hybridized carbons (Fsp3) is 0.333. The van der Waals surface area contributed by atoms with Crippen molar-refractivity contribution in [3.63, 3.8) is 0 Å². The lowest BCUT2D eigenvalue weighted by atomic mass is 10.1. The Morgan fingerprint density at radius 3 is 3.00 bits per heavy atom. The van der Waals surface area contributed by atoms with Gasteiger partial charge in [0.25, 0.3) is 0 Å². The minimum Gasteiger partial charge on any atom is -0.461 e. The zero-order chi connectivity index (χ0) is 10.8. The molecule has 2 nitrogen and oxygen atoms in total. The van der Waals surface area contributed by atoms with Crippen molar-refractivity contribution in [3.8, 4) is 0 Å². The molecular formula is C12H14FNO. The number of fused-ring (bicyclic) bond motifs is 1. The number of benzene rings is 1. The molecule has 0 saturated heterocycles. The topological polar surface area (TPSA) is 25.2 Å². The van der Waals surface area contributed by atoms with E-state index in [4.69, 9.17) is 4.42 Å². The average molecular weight is 207 g/mol. The van der Waals surface area contributed by atoms with Crippen molar-refractivity contribution in [2.24, 2.45) is 0 Å². The van der Waals surface area contributed by atoms with Gasteiger partial charge < -0.3 is 9.73 Å². The van der Waals surface area contributed by atoms with E-state index in [-0.39, 0.29) is 5.82 Å². The van der Waals surface area contributed by atoms with E-state index in [1.54, 1.807) is 12.3 Å². The minimum absolute atomic E-state index is 0.295. The van der Waals surface area contributed by atoms with Gasteiger partial charge in [-0.05, 0) is 32.0 Å². The molecule has 0 fully saturated rings. The molecule has 80 valence electrons. The van der Waals surface area contributed by atoms with Gasteiger partial charge >= 0.3 is 0 Å². The summed E-state index contributed by atoms with van der Waals surface area (Å²) in [6, 6.07) is 5.37. The third-order valence-corrected chi connectivity index (χ3v) is 2.65. The van der Waals surface area contributed by atoms with Crippen LogP contribution >= 0.6 is 0 Å². The smallest absolute Gasteiger partial charge is 0.169 e. The highest BCUT2D eigenvalue weighted by Crippen LogP contribution is 2.24. The maximum absolute atomic E-state index is 13.3. The Bertz CT molecular complexity index is 464. The zero-order valence-corrected chi connectivity index (χ0v) is 8.88. The molecule has 15 heavy (non-hydrogen) atoms. The SMILES string of the molecule is CNC(C)Cc1coc2c(F)cccc12. The fourth-order valence-corrected chi connectivity index (χ4v) is 1.67. The number of nitrogens with one attached hydrogen (secondary N) is 1. The molecule has 0 saturated carbocycles. The van der Waals surface area contributed by atoms with Gasteiger partial charge in [0.1, 0.15) is 0 Å². The van der Waals surface area contributed by atoms with Crippen molar-refractivity contribution in [3.05, 3.63) is 35.8 Å². The molecule has 0 spiro atoms. The van der Waals surface area contributed by atoms with Crippen LogP contribution in [0.1, 0.15) is 12.5 Å². The number of hydrogen-bond donors (Lipinski definition) is 1. The standard InChI is InChI=1S/C12H14FNO/c1-8(14-2)6-9-7-15-12-10(9)4-3-5-11(12)13/h3-5,7-8,14H,6H2,1-2H3. The second-order valence-corrected chi connectivity index (χ2v) is 3.77. The minimum atomic E-state index is -0.295. The van der Waals surface area contributed by atoms with Crippen molar-refractivity contribution in [2.45, 2.75) is 19.4 Å². The quantitative estimate of drug-likeness (QED) is 0.837. The van der Waals surface area contributed by atoms with Gasteiger partial charge in [0, 0.05) is 11.4 Å². The molecule has 0 bridgehead atoms. The van der Waals surface area contributed by atoms with Gasteiger partial charge in [-0.3, -0.25) is 0 Å². The number of para-hydroxylation sites is 1. The van der Waals surface area contributed by atoms with E-state index >= 15 is 0 Å². The Balaban J connectivity index is 2.41. The monoisotopic (exact) mass is 207 g/mol. The lowest BCUT2D eigenvalue weighted by Crippen LogP contribution is -2.23. The Morgan fingerprint density at radius 2 is 2.27 bits per heavy atom. The van der Waals surface area contributed by atoms with E-state index in [9.17, 15) is 4.39 Å². The average Bonchev–Trinajstić information content (AvgIpc) is 2.63. The first kappa shape index (κ1) is 10.2. The first-order valence-electron chi connectivity index (χ1n) is 5.04. The molecule has 1 aromatic heterocycles. The van der Waals surface area contributed by atoms with Crippen molar-refractivity contribution in [1.82, 2.24) is 5.32 Å². The van der Waals surface area contributed by atoms with Crippen LogP contribution in [0.2, 0.25) is 0 Å². The second kappa shape index (κ2) is 4.03. The van der Waals surface area contributed by atoms with Gasteiger partial charge in [-0.15, -0.1) is 0 Å². The first-order valence-corrected chi connectivity index (χ1v) is 5.04. The number of furan rings is 1. The third kappa shape index (κ3) is 1.88. The van der Waals surface area contributed by atoms with Gasteiger partial charge in [-0.1, -0.05) is 12.1 Å². The van der Waals surface area contributed by atoms with Crippen LogP contribution in [0.15, 0.2) is 28.9 Å². The van der Waals surface area contributed by atoms with Gasteiger partial charge in [0.05, 0.1) is 6.26 Å². The summed E-state index contributed by atoms with van der Waals surface area (Å²) in [6.07, 6.45) is 2.48. The molecule has 1 N–H and O–H groups in total. The maximum atomic E-state index is 13.3. The summed E-state index contributed by atoms with van der Waals surface area (Å²) in [6.45, 7) is 2.08. The molecule has 0 aliphatic carbocycles. The van der Waals surface area contributed by atoms with Gasteiger partial charge in [-0.2, -0.15) is 0 Å². The first-order chi connectivity index (χ1) is 7.22. The Morgan fingerprint density at radius 1 is 1.47 bits per heavy atom. The summed E-state index contributed by atoms with van der Waals surface area (Å²) in [5, 5.41) is 4.02. The maximum Gasteiger partial charge on any atom is 0.169 e. The summed E-state index contributed by atoms with van der Waals surface area (Å²) in [5.41, 5.74) is 1.40. The van der Waals surface area contributed by atoms with E-state index in [1.807, 2.05) is 13.1 Å². The molecule has 1 atom stereocenters. The number of halogens is 1. The van der Waals surface area contributed by atoms with Crippen molar-refractivity contribution >= 4 is 11.0 Å². The van der Waals surface area contributed by atoms with Crippen molar-refractivity contribution in [1.29, 1.82) is 0 Å². The van der Waals surface area contributed by atoms with Crippen LogP contribution in [-0.2, 0) is 6.42 Å². The molecule has 0 aliphatic rings. The molecule has 0 amide bonds. The molecular weight excluding hydrogens is 193 g/mol. The van der Waals surface area contributed by atoms with Crippen LogP contribution < -0.4 is 5.32 Å². The van der Waals surface area contributed by atoms with Crippen LogP contribution in [0.4, 0.5) is 4.39 Å². The lowest BCUT2D eigenvalue weighted by Gasteiger charge is -2.07. The molecule has 3 heteroatoms. The zero-order valence-electron chi connectivity index (χ0n) is 8.88. The predicted molar refractivity (Wildman–Crippen MR) is 58.4 cm³/mol. The van der Waals surface area contributed by atoms with Crippen LogP contribution in [0, 0.1) is 5.82 Å². The molecule has 0 radical (unpaired) electrons. The van der Waals surface area contributed by atoms with E-state index in [0.717, 1.165) is 17.4 Å². The summed E-state index contributed by atoms with van der Waals surface area (Å²) < 4.78 is 18.5. The highest BCUT2D eigenvalue weighted by atomic mass is 19.1. The van der Waals surface area contributed by atoms with Gasteiger partial charge in [0.15, 0.2) is 11.4 Å². The van der Waals surface area contributed by atoms with Crippen molar-refractivity contribution < 1.29 is 8.81 Å². The van der Waals surface area contributed by atoms with Crippen LogP contribution in [0.3, 0.4) is 0 Å². The molecule has 1 aromatic carbocycles. The normalized spacial score (nSPS) is 13.3. The lowest BCUT2D eigenvalue weighted by molar-refractivity contribution is 0.553. The highest BCUT2D eigenvalue weighted by Gasteiger charge is 2.11. The molecule has 1 heterocycles. The summed E-state index contributed by atoms with van der Waals surface area (Å²) in [5.74, 6) is -0.295. The molecule has 1 unspecified atom stereocenters. The largest absolute Gasteiger partial charge is 0.461 e. The summed E-state index contributed by atoms with van der Waals surface area (Å²) >= 11 is 0. The molecule has 2 rings (SSSR count). The highest BCUT2D eigenvalue weighted by molar-refractivity contribution is 5.81. The summed E-state index contributed by atoms with van der Waals surface area (Å²) in [4.78, 5) is 0. The van der Waals surface area contributed by atoms with Crippen LogP contribution in [0.5, 0.6) is 0 Å². The Kier molecular flexibility index (Phi) is 2.73. The van der Waals surface area contributed by atoms with Crippen molar-refractivity contribution in [2.75, 3.05) is 7.05 Å². The Hall–Kier alpha value is -1.35. The number of rotatable bonds is 3. The van der Waals surface area contributed by atoms with Crippen LogP contribution in [0.25, 0.3) is 11.0 Å². The fourth-order valence-electron chi connectivity index (χ4n) is 1.67. The van der Waals surface area contributed by atoms with E-state index in [1.165, 1.54) is 6.07 Å². The summed E-state index contributed by atoms with van der Waals surface area (Å²) in [7, 11) is 1.91.